The van der Waals surface area contributed by atoms with E-state index < -0.39 is 5.60 Å². The summed E-state index contributed by atoms with van der Waals surface area (Å²) in [6.45, 7) is 4.35. The van der Waals surface area contributed by atoms with E-state index in [4.69, 9.17) is 0 Å². The van der Waals surface area contributed by atoms with Crippen LogP contribution in [-0.4, -0.2) is 34.1 Å². The number of hydrogen-bond acceptors (Lipinski definition) is 2. The first-order chi connectivity index (χ1) is 9.47. The number of carbonyl (C=O) groups excluding carboxylic acids is 1. The second kappa shape index (κ2) is 4.88. The Morgan fingerprint density at radius 3 is 2.75 bits per heavy atom. The molecule has 1 aliphatic heterocycles. The third-order valence-corrected chi connectivity index (χ3v) is 4.67. The molecule has 1 unspecified atom stereocenters. The number of likely N-dealkylation sites (tertiary alicyclic amines) is 1. The largest absolute Gasteiger partial charge is 0.388 e. The van der Waals surface area contributed by atoms with Gasteiger partial charge in [0.25, 0.3) is 5.91 Å². The van der Waals surface area contributed by atoms with E-state index >= 15 is 0 Å². The first-order valence-corrected chi connectivity index (χ1v) is 7.62. The Balaban J connectivity index is 1.85. The fourth-order valence-electron chi connectivity index (χ4n) is 3.62. The van der Waals surface area contributed by atoms with E-state index in [0.717, 1.165) is 37.8 Å². The van der Waals surface area contributed by atoms with Crippen LogP contribution >= 0.6 is 0 Å². The molecule has 3 rings (SSSR count). The maximum Gasteiger partial charge on any atom is 0.254 e. The van der Waals surface area contributed by atoms with Crippen LogP contribution in [0.4, 0.5) is 0 Å². The van der Waals surface area contributed by atoms with Crippen molar-refractivity contribution < 1.29 is 9.90 Å². The van der Waals surface area contributed by atoms with Crippen molar-refractivity contribution in [2.75, 3.05) is 6.54 Å². The van der Waals surface area contributed by atoms with Gasteiger partial charge in [-0.15, -0.1) is 0 Å². The van der Waals surface area contributed by atoms with Crippen LogP contribution in [-0.2, 0) is 12.8 Å². The molecule has 3 nitrogen and oxygen atoms in total. The van der Waals surface area contributed by atoms with Gasteiger partial charge in [0.05, 0.1) is 11.6 Å². The Morgan fingerprint density at radius 2 is 2.00 bits per heavy atom. The molecular weight excluding hydrogens is 250 g/mol. The highest BCUT2D eigenvalue weighted by molar-refractivity contribution is 5.95. The monoisotopic (exact) mass is 273 g/mol. The molecular formula is C17H23NO2. The summed E-state index contributed by atoms with van der Waals surface area (Å²) in [5, 5.41) is 10.2. The Bertz CT molecular complexity index is 530. The number of amides is 1. The summed E-state index contributed by atoms with van der Waals surface area (Å²) in [5.41, 5.74) is 2.67. The zero-order valence-electron chi connectivity index (χ0n) is 12.4. The summed E-state index contributed by atoms with van der Waals surface area (Å²) >= 11 is 0. The van der Waals surface area contributed by atoms with Crippen LogP contribution in [0, 0.1) is 0 Å². The number of aliphatic hydroxyl groups is 1. The number of hydrogen-bond donors (Lipinski definition) is 1. The van der Waals surface area contributed by atoms with Crippen molar-refractivity contribution in [2.24, 2.45) is 0 Å². The maximum atomic E-state index is 12.7. The van der Waals surface area contributed by atoms with Crippen molar-refractivity contribution in [3.05, 3.63) is 34.9 Å². The second-order valence-electron chi connectivity index (χ2n) is 6.65. The molecule has 1 heterocycles. The standard InChI is InChI=1S/C17H23NO2/c1-17(2,20)15-7-4-10-18(15)16(19)14-9-8-12-5-3-6-13(12)11-14/h8-9,11,15,20H,3-7,10H2,1-2H3. The molecule has 1 aromatic carbocycles. The van der Waals surface area contributed by atoms with E-state index in [9.17, 15) is 9.90 Å². The average Bonchev–Trinajstić information content (AvgIpc) is 3.05. The van der Waals surface area contributed by atoms with Crippen LogP contribution in [0.5, 0.6) is 0 Å². The quantitative estimate of drug-likeness (QED) is 0.899. The molecule has 2 aliphatic rings. The summed E-state index contributed by atoms with van der Waals surface area (Å²) in [7, 11) is 0. The molecule has 1 atom stereocenters. The van der Waals surface area contributed by atoms with Gasteiger partial charge in [0.1, 0.15) is 0 Å². The number of rotatable bonds is 2. The fraction of sp³-hybridized carbons (Fsp3) is 0.588. The van der Waals surface area contributed by atoms with Gasteiger partial charge in [0, 0.05) is 12.1 Å². The summed E-state index contributed by atoms with van der Waals surface area (Å²) in [6, 6.07) is 6.05. The summed E-state index contributed by atoms with van der Waals surface area (Å²) in [5.74, 6) is 0.0734. The first kappa shape index (κ1) is 13.6. The maximum absolute atomic E-state index is 12.7. The number of benzene rings is 1. The van der Waals surface area contributed by atoms with Crippen LogP contribution in [0.2, 0.25) is 0 Å². The molecule has 1 N–H and O–H groups in total. The molecule has 1 amide bonds. The van der Waals surface area contributed by atoms with Crippen molar-refractivity contribution in [2.45, 2.75) is 57.6 Å². The summed E-state index contributed by atoms with van der Waals surface area (Å²) < 4.78 is 0. The smallest absolute Gasteiger partial charge is 0.254 e. The van der Waals surface area contributed by atoms with Gasteiger partial charge in [-0.1, -0.05) is 6.07 Å². The predicted molar refractivity (Wildman–Crippen MR) is 78.8 cm³/mol. The highest BCUT2D eigenvalue weighted by atomic mass is 16.3. The van der Waals surface area contributed by atoms with Crippen LogP contribution in [0.25, 0.3) is 0 Å². The molecule has 1 aliphatic carbocycles. The molecule has 0 radical (unpaired) electrons. The van der Waals surface area contributed by atoms with Gasteiger partial charge in [-0.25, -0.2) is 0 Å². The van der Waals surface area contributed by atoms with Crippen LogP contribution < -0.4 is 0 Å². The zero-order valence-corrected chi connectivity index (χ0v) is 12.4. The molecule has 108 valence electrons. The van der Waals surface area contributed by atoms with E-state index in [1.54, 1.807) is 13.8 Å². The van der Waals surface area contributed by atoms with E-state index in [1.807, 2.05) is 11.0 Å². The van der Waals surface area contributed by atoms with Gasteiger partial charge in [-0.2, -0.15) is 0 Å². The van der Waals surface area contributed by atoms with Gasteiger partial charge in [0.2, 0.25) is 0 Å². The molecule has 0 bridgehead atoms. The third-order valence-electron chi connectivity index (χ3n) is 4.67. The third kappa shape index (κ3) is 2.35. The number of aryl methyl sites for hydroxylation is 2. The number of nitrogens with zero attached hydrogens (tertiary/aromatic N) is 1. The highest BCUT2D eigenvalue weighted by Crippen LogP contribution is 2.29. The van der Waals surface area contributed by atoms with Crippen LogP contribution in [0.15, 0.2) is 18.2 Å². The van der Waals surface area contributed by atoms with Gasteiger partial charge in [0.15, 0.2) is 0 Å². The fourth-order valence-corrected chi connectivity index (χ4v) is 3.62. The predicted octanol–water partition coefficient (Wildman–Crippen LogP) is 2.55. The molecule has 20 heavy (non-hydrogen) atoms. The molecule has 0 aromatic heterocycles. The van der Waals surface area contributed by atoms with Crippen molar-refractivity contribution in [3.8, 4) is 0 Å². The van der Waals surface area contributed by atoms with E-state index in [1.165, 1.54) is 17.5 Å². The highest BCUT2D eigenvalue weighted by Gasteiger charge is 2.38. The summed E-state index contributed by atoms with van der Waals surface area (Å²) in [6.07, 6.45) is 5.29. The lowest BCUT2D eigenvalue weighted by Crippen LogP contribution is -2.48. The summed E-state index contributed by atoms with van der Waals surface area (Å²) in [4.78, 5) is 14.6. The molecule has 1 saturated heterocycles. The number of fused-ring (bicyclic) bond motifs is 1. The van der Waals surface area contributed by atoms with Gasteiger partial charge in [-0.05, 0) is 69.2 Å². The Morgan fingerprint density at radius 1 is 1.25 bits per heavy atom. The van der Waals surface area contributed by atoms with Crippen molar-refractivity contribution in [1.82, 2.24) is 4.90 Å². The van der Waals surface area contributed by atoms with Gasteiger partial charge < -0.3 is 10.0 Å². The Kier molecular flexibility index (Phi) is 3.33. The zero-order chi connectivity index (χ0) is 14.3. The van der Waals surface area contributed by atoms with Gasteiger partial charge >= 0.3 is 0 Å². The lowest BCUT2D eigenvalue weighted by atomic mass is 9.96. The molecule has 0 saturated carbocycles. The SMILES string of the molecule is CC(C)(O)C1CCCN1C(=O)c1ccc2c(c1)CCC2. The first-order valence-electron chi connectivity index (χ1n) is 7.62. The minimum Gasteiger partial charge on any atom is -0.388 e. The van der Waals surface area contributed by atoms with E-state index in [-0.39, 0.29) is 11.9 Å². The lowest BCUT2D eigenvalue weighted by Gasteiger charge is -2.34. The van der Waals surface area contributed by atoms with E-state index in [2.05, 4.69) is 12.1 Å². The Hall–Kier alpha value is -1.35. The average molecular weight is 273 g/mol. The van der Waals surface area contributed by atoms with Crippen LogP contribution in [0.3, 0.4) is 0 Å². The minimum absolute atomic E-state index is 0.0664. The molecule has 1 aromatic rings. The van der Waals surface area contributed by atoms with E-state index in [0.29, 0.717) is 0 Å². The van der Waals surface area contributed by atoms with Crippen molar-refractivity contribution in [1.29, 1.82) is 0 Å². The minimum atomic E-state index is -0.830. The molecule has 3 heteroatoms. The lowest BCUT2D eigenvalue weighted by molar-refractivity contribution is 0.000333. The van der Waals surface area contributed by atoms with Gasteiger partial charge in [-0.3, -0.25) is 4.79 Å². The van der Waals surface area contributed by atoms with Crippen molar-refractivity contribution in [3.63, 3.8) is 0 Å². The normalized spacial score (nSPS) is 22.1. The Labute approximate surface area is 120 Å². The van der Waals surface area contributed by atoms with Crippen LogP contribution in [0.1, 0.15) is 54.6 Å². The topological polar surface area (TPSA) is 40.5 Å². The van der Waals surface area contributed by atoms with Crippen molar-refractivity contribution >= 4 is 5.91 Å². The number of carbonyl (C=O) groups is 1. The molecule has 1 fully saturated rings. The second-order valence-corrected chi connectivity index (χ2v) is 6.65. The molecule has 0 spiro atoms.